The largest absolute Gasteiger partial charge is 0.487 e. The Morgan fingerprint density at radius 1 is 1.00 bits per heavy atom. The SMILES string of the molecule is Clc1ccc(N2CCN(CCOCC3Cc4ccccc4O3)CC2)cc1. The highest BCUT2D eigenvalue weighted by atomic mass is 35.5. The molecule has 1 unspecified atom stereocenters. The van der Waals surface area contributed by atoms with Crippen molar-refractivity contribution in [2.24, 2.45) is 0 Å². The molecule has 4 rings (SSSR count). The summed E-state index contributed by atoms with van der Waals surface area (Å²) in [5.74, 6) is 1.01. The number of para-hydroxylation sites is 1. The third-order valence-electron chi connectivity index (χ3n) is 5.13. The Morgan fingerprint density at radius 3 is 2.54 bits per heavy atom. The predicted molar refractivity (Wildman–Crippen MR) is 105 cm³/mol. The molecule has 0 radical (unpaired) electrons. The molecule has 0 aromatic heterocycles. The van der Waals surface area contributed by atoms with Gasteiger partial charge >= 0.3 is 0 Å². The molecule has 2 aliphatic rings. The van der Waals surface area contributed by atoms with Gasteiger partial charge in [-0.25, -0.2) is 0 Å². The number of hydrogen-bond donors (Lipinski definition) is 0. The van der Waals surface area contributed by atoms with Crippen molar-refractivity contribution in [3.05, 3.63) is 59.1 Å². The molecule has 1 atom stereocenters. The number of anilines is 1. The number of halogens is 1. The minimum Gasteiger partial charge on any atom is -0.487 e. The predicted octanol–water partition coefficient (Wildman–Crippen LogP) is 3.48. The third kappa shape index (κ3) is 4.32. The van der Waals surface area contributed by atoms with E-state index in [1.165, 1.54) is 11.3 Å². The first-order chi connectivity index (χ1) is 12.8. The second kappa shape index (κ2) is 8.30. The van der Waals surface area contributed by atoms with Gasteiger partial charge in [-0.05, 0) is 35.9 Å². The fourth-order valence-corrected chi connectivity index (χ4v) is 3.76. The average Bonchev–Trinajstić information content (AvgIpc) is 3.09. The highest BCUT2D eigenvalue weighted by molar-refractivity contribution is 6.30. The van der Waals surface area contributed by atoms with Crippen molar-refractivity contribution in [3.8, 4) is 5.75 Å². The van der Waals surface area contributed by atoms with Crippen molar-refractivity contribution >= 4 is 17.3 Å². The number of rotatable bonds is 6. The Bertz CT molecular complexity index is 689. The van der Waals surface area contributed by atoms with E-state index in [0.29, 0.717) is 6.61 Å². The quantitative estimate of drug-likeness (QED) is 0.725. The van der Waals surface area contributed by atoms with Crippen molar-refractivity contribution in [3.63, 3.8) is 0 Å². The Hall–Kier alpha value is -1.75. The first-order valence-electron chi connectivity index (χ1n) is 9.33. The second-order valence-corrected chi connectivity index (χ2v) is 7.37. The van der Waals surface area contributed by atoms with Gasteiger partial charge in [0, 0.05) is 49.9 Å². The summed E-state index contributed by atoms with van der Waals surface area (Å²) in [5, 5.41) is 0.791. The molecule has 1 saturated heterocycles. The minimum absolute atomic E-state index is 0.161. The van der Waals surface area contributed by atoms with Crippen LogP contribution < -0.4 is 9.64 Å². The van der Waals surface area contributed by atoms with Gasteiger partial charge in [0.05, 0.1) is 13.2 Å². The molecular weight excluding hydrogens is 348 g/mol. The van der Waals surface area contributed by atoms with E-state index in [0.717, 1.165) is 56.5 Å². The van der Waals surface area contributed by atoms with Crippen LogP contribution in [0.1, 0.15) is 5.56 Å². The Balaban J connectivity index is 1.13. The number of ether oxygens (including phenoxy) is 2. The number of piperazine rings is 1. The van der Waals surface area contributed by atoms with Crippen LogP contribution in [0, 0.1) is 0 Å². The molecule has 4 nitrogen and oxygen atoms in total. The van der Waals surface area contributed by atoms with Crippen molar-refractivity contribution in [2.45, 2.75) is 12.5 Å². The summed E-state index contributed by atoms with van der Waals surface area (Å²) in [7, 11) is 0. The second-order valence-electron chi connectivity index (χ2n) is 6.93. The van der Waals surface area contributed by atoms with E-state index < -0.39 is 0 Å². The van der Waals surface area contributed by atoms with Gasteiger partial charge in [-0.1, -0.05) is 29.8 Å². The summed E-state index contributed by atoms with van der Waals surface area (Å²) in [5.41, 5.74) is 2.54. The Morgan fingerprint density at radius 2 is 1.77 bits per heavy atom. The van der Waals surface area contributed by atoms with Crippen LogP contribution >= 0.6 is 11.6 Å². The molecule has 2 aromatic rings. The van der Waals surface area contributed by atoms with E-state index in [9.17, 15) is 0 Å². The lowest BCUT2D eigenvalue weighted by Gasteiger charge is -2.36. The zero-order chi connectivity index (χ0) is 17.8. The topological polar surface area (TPSA) is 24.9 Å². The monoisotopic (exact) mass is 372 g/mol. The summed E-state index contributed by atoms with van der Waals surface area (Å²) >= 11 is 5.97. The van der Waals surface area contributed by atoms with Crippen LogP contribution in [0.3, 0.4) is 0 Å². The molecule has 2 heterocycles. The van der Waals surface area contributed by atoms with Crippen LogP contribution in [0.15, 0.2) is 48.5 Å². The van der Waals surface area contributed by atoms with E-state index in [4.69, 9.17) is 21.1 Å². The van der Waals surface area contributed by atoms with E-state index in [1.807, 2.05) is 24.3 Å². The smallest absolute Gasteiger partial charge is 0.126 e. The Labute approximate surface area is 160 Å². The molecule has 0 bridgehead atoms. The molecular formula is C21H25ClN2O2. The zero-order valence-electron chi connectivity index (χ0n) is 14.9. The van der Waals surface area contributed by atoms with Crippen LogP contribution in [0.2, 0.25) is 5.02 Å². The number of nitrogens with zero attached hydrogens (tertiary/aromatic N) is 2. The lowest BCUT2D eigenvalue weighted by Crippen LogP contribution is -2.47. The van der Waals surface area contributed by atoms with Crippen LogP contribution in [-0.2, 0) is 11.2 Å². The minimum atomic E-state index is 0.161. The summed E-state index contributed by atoms with van der Waals surface area (Å²) in [4.78, 5) is 4.88. The highest BCUT2D eigenvalue weighted by Crippen LogP contribution is 2.28. The summed E-state index contributed by atoms with van der Waals surface area (Å²) in [6, 6.07) is 16.4. The number of fused-ring (bicyclic) bond motifs is 1. The highest BCUT2D eigenvalue weighted by Gasteiger charge is 2.22. The fourth-order valence-electron chi connectivity index (χ4n) is 3.64. The normalized spacial score (nSPS) is 20.0. The van der Waals surface area contributed by atoms with Gasteiger partial charge in [0.1, 0.15) is 11.9 Å². The van der Waals surface area contributed by atoms with Gasteiger partial charge in [-0.2, -0.15) is 0 Å². The molecule has 26 heavy (non-hydrogen) atoms. The van der Waals surface area contributed by atoms with Gasteiger partial charge in [0.25, 0.3) is 0 Å². The molecule has 0 N–H and O–H groups in total. The third-order valence-corrected chi connectivity index (χ3v) is 5.39. The molecule has 2 aromatic carbocycles. The van der Waals surface area contributed by atoms with Crippen molar-refractivity contribution in [1.29, 1.82) is 0 Å². The van der Waals surface area contributed by atoms with E-state index in [1.54, 1.807) is 0 Å². The fraction of sp³-hybridized carbons (Fsp3) is 0.429. The van der Waals surface area contributed by atoms with Crippen LogP contribution in [0.25, 0.3) is 0 Å². The molecule has 0 amide bonds. The molecule has 0 aliphatic carbocycles. The summed E-state index contributed by atoms with van der Waals surface area (Å²) in [6.07, 6.45) is 1.12. The van der Waals surface area contributed by atoms with Gasteiger partial charge in [-0.15, -0.1) is 0 Å². The van der Waals surface area contributed by atoms with Crippen molar-refractivity contribution in [2.75, 3.05) is 50.8 Å². The van der Waals surface area contributed by atoms with Gasteiger partial charge in [0.2, 0.25) is 0 Å². The lowest BCUT2D eigenvalue weighted by molar-refractivity contribution is 0.0467. The molecule has 0 spiro atoms. The number of hydrogen-bond acceptors (Lipinski definition) is 4. The van der Waals surface area contributed by atoms with E-state index in [2.05, 4.69) is 34.1 Å². The van der Waals surface area contributed by atoms with Crippen LogP contribution in [0.4, 0.5) is 5.69 Å². The summed E-state index contributed by atoms with van der Waals surface area (Å²) < 4.78 is 11.8. The maximum Gasteiger partial charge on any atom is 0.126 e. The van der Waals surface area contributed by atoms with Crippen molar-refractivity contribution in [1.82, 2.24) is 4.90 Å². The maximum absolute atomic E-state index is 5.97. The van der Waals surface area contributed by atoms with E-state index >= 15 is 0 Å². The lowest BCUT2D eigenvalue weighted by atomic mass is 10.1. The van der Waals surface area contributed by atoms with Gasteiger partial charge < -0.3 is 14.4 Å². The summed E-state index contributed by atoms with van der Waals surface area (Å²) in [6.45, 7) is 6.63. The van der Waals surface area contributed by atoms with Crippen LogP contribution in [-0.4, -0.2) is 56.9 Å². The molecule has 2 aliphatic heterocycles. The first-order valence-corrected chi connectivity index (χ1v) is 9.71. The zero-order valence-corrected chi connectivity index (χ0v) is 15.7. The molecule has 5 heteroatoms. The first kappa shape index (κ1) is 17.7. The van der Waals surface area contributed by atoms with Crippen LogP contribution in [0.5, 0.6) is 5.75 Å². The Kier molecular flexibility index (Phi) is 5.63. The average molecular weight is 373 g/mol. The number of benzene rings is 2. The molecule has 0 saturated carbocycles. The van der Waals surface area contributed by atoms with E-state index in [-0.39, 0.29) is 6.10 Å². The van der Waals surface area contributed by atoms with Gasteiger partial charge in [0.15, 0.2) is 0 Å². The standard InChI is InChI=1S/C21H25ClN2O2/c22-18-5-7-19(8-6-18)24-11-9-23(10-12-24)13-14-25-16-20-15-17-3-1-2-4-21(17)26-20/h1-8,20H,9-16H2. The molecule has 138 valence electrons. The van der Waals surface area contributed by atoms with Gasteiger partial charge in [-0.3, -0.25) is 4.90 Å². The maximum atomic E-state index is 5.97. The molecule has 1 fully saturated rings. The van der Waals surface area contributed by atoms with Crippen molar-refractivity contribution < 1.29 is 9.47 Å².